The predicted molar refractivity (Wildman–Crippen MR) is 87.1 cm³/mol. The molecule has 3 rings (SSSR count). The van der Waals surface area contributed by atoms with Crippen LogP contribution in [0, 0.1) is 13.8 Å². The van der Waals surface area contributed by atoms with Crippen LogP contribution in [-0.4, -0.2) is 20.2 Å². The Hall–Kier alpha value is -2.21. The molecule has 0 fully saturated rings. The molecule has 0 amide bonds. The number of hydrogen-bond acceptors (Lipinski definition) is 4. The van der Waals surface area contributed by atoms with Crippen molar-refractivity contribution in [2.45, 2.75) is 20.5 Å². The predicted octanol–water partition coefficient (Wildman–Crippen LogP) is 3.62. The van der Waals surface area contributed by atoms with Crippen molar-refractivity contribution in [1.29, 1.82) is 0 Å². The summed E-state index contributed by atoms with van der Waals surface area (Å²) in [5, 5.41) is 12.0. The molecule has 1 aromatic heterocycles. The smallest absolute Gasteiger partial charge is 0.194 e. The Balaban J connectivity index is 1.89. The van der Waals surface area contributed by atoms with Crippen LogP contribution in [0.15, 0.2) is 46.9 Å². The summed E-state index contributed by atoms with van der Waals surface area (Å²) >= 11 is 3.46. The molecule has 0 radical (unpaired) electrons. The van der Waals surface area contributed by atoms with Crippen LogP contribution in [-0.2, 0) is 6.61 Å². The average Bonchev–Trinajstić information content (AvgIpc) is 2.94. The van der Waals surface area contributed by atoms with Gasteiger partial charge in [0.1, 0.15) is 12.4 Å². The minimum Gasteiger partial charge on any atom is -0.484 e. The molecular formula is C16H15BrN4O. The summed E-state index contributed by atoms with van der Waals surface area (Å²) in [7, 11) is 0. The van der Waals surface area contributed by atoms with E-state index in [2.05, 4.69) is 31.5 Å². The molecule has 0 bridgehead atoms. The lowest BCUT2D eigenvalue weighted by molar-refractivity contribution is 0.290. The molecule has 0 atom stereocenters. The van der Waals surface area contributed by atoms with Crippen molar-refractivity contribution in [3.8, 4) is 11.4 Å². The normalized spacial score (nSPS) is 10.7. The highest BCUT2D eigenvalue weighted by atomic mass is 79.9. The first kappa shape index (κ1) is 14.7. The first-order valence-electron chi connectivity index (χ1n) is 6.88. The second-order valence-electron chi connectivity index (χ2n) is 4.97. The van der Waals surface area contributed by atoms with E-state index in [1.807, 2.05) is 56.3 Å². The van der Waals surface area contributed by atoms with Gasteiger partial charge in [0.05, 0.1) is 10.2 Å². The van der Waals surface area contributed by atoms with E-state index < -0.39 is 0 Å². The summed E-state index contributed by atoms with van der Waals surface area (Å²) in [4.78, 5) is 0. The SMILES string of the molecule is Cc1cccc(C)c1-n1nnnc1COc1ccccc1Br. The number of halogens is 1. The van der Waals surface area contributed by atoms with Gasteiger partial charge in [0.25, 0.3) is 0 Å². The number of nitrogens with zero attached hydrogens (tertiary/aromatic N) is 4. The minimum atomic E-state index is 0.295. The summed E-state index contributed by atoms with van der Waals surface area (Å²) in [6.07, 6.45) is 0. The molecule has 3 aromatic rings. The maximum absolute atomic E-state index is 5.81. The van der Waals surface area contributed by atoms with Crippen molar-refractivity contribution in [2.75, 3.05) is 0 Å². The van der Waals surface area contributed by atoms with Crippen LogP contribution in [0.3, 0.4) is 0 Å². The summed E-state index contributed by atoms with van der Waals surface area (Å²) in [6, 6.07) is 13.8. The molecule has 0 aliphatic carbocycles. The lowest BCUT2D eigenvalue weighted by atomic mass is 10.1. The van der Waals surface area contributed by atoms with Gasteiger partial charge in [0, 0.05) is 0 Å². The molecule has 22 heavy (non-hydrogen) atoms. The second-order valence-corrected chi connectivity index (χ2v) is 5.82. The van der Waals surface area contributed by atoms with Gasteiger partial charge in [-0.3, -0.25) is 0 Å². The maximum Gasteiger partial charge on any atom is 0.194 e. The van der Waals surface area contributed by atoms with Crippen LogP contribution in [0.25, 0.3) is 5.69 Å². The Morgan fingerprint density at radius 3 is 2.50 bits per heavy atom. The molecule has 0 unspecified atom stereocenters. The fourth-order valence-corrected chi connectivity index (χ4v) is 2.71. The van der Waals surface area contributed by atoms with Crippen molar-refractivity contribution in [2.24, 2.45) is 0 Å². The van der Waals surface area contributed by atoms with E-state index in [1.54, 1.807) is 4.68 Å². The van der Waals surface area contributed by atoms with Gasteiger partial charge in [-0.05, 0) is 63.5 Å². The topological polar surface area (TPSA) is 52.8 Å². The molecule has 112 valence electrons. The van der Waals surface area contributed by atoms with Gasteiger partial charge >= 0.3 is 0 Å². The zero-order valence-electron chi connectivity index (χ0n) is 12.3. The van der Waals surface area contributed by atoms with E-state index >= 15 is 0 Å². The molecule has 6 heteroatoms. The minimum absolute atomic E-state index is 0.295. The molecule has 0 N–H and O–H groups in total. The second kappa shape index (κ2) is 6.27. The van der Waals surface area contributed by atoms with Gasteiger partial charge < -0.3 is 4.74 Å². The third kappa shape index (κ3) is 2.87. The van der Waals surface area contributed by atoms with Crippen molar-refractivity contribution < 1.29 is 4.74 Å². The molecule has 0 aliphatic rings. The van der Waals surface area contributed by atoms with Crippen LogP contribution in [0.2, 0.25) is 0 Å². The van der Waals surface area contributed by atoms with E-state index in [0.717, 1.165) is 27.0 Å². The van der Waals surface area contributed by atoms with E-state index in [0.29, 0.717) is 12.4 Å². The van der Waals surface area contributed by atoms with Gasteiger partial charge in [-0.25, -0.2) is 0 Å². The standard InChI is InChI=1S/C16H15BrN4O/c1-11-6-5-7-12(2)16(11)21-15(18-19-20-21)10-22-14-9-4-3-8-13(14)17/h3-9H,10H2,1-2H3. The molecule has 0 aliphatic heterocycles. The van der Waals surface area contributed by atoms with Crippen molar-refractivity contribution in [3.05, 3.63) is 63.9 Å². The van der Waals surface area contributed by atoms with E-state index in [-0.39, 0.29) is 0 Å². The Labute approximate surface area is 137 Å². The van der Waals surface area contributed by atoms with Gasteiger partial charge in [0.2, 0.25) is 0 Å². The Bertz CT molecular complexity index is 780. The Morgan fingerprint density at radius 2 is 1.77 bits per heavy atom. The highest BCUT2D eigenvalue weighted by Gasteiger charge is 2.13. The van der Waals surface area contributed by atoms with E-state index in [1.165, 1.54) is 0 Å². The zero-order valence-corrected chi connectivity index (χ0v) is 13.9. The quantitative estimate of drug-likeness (QED) is 0.714. The number of aromatic nitrogens is 4. The molecule has 5 nitrogen and oxygen atoms in total. The fraction of sp³-hybridized carbons (Fsp3) is 0.188. The van der Waals surface area contributed by atoms with Crippen molar-refractivity contribution in [1.82, 2.24) is 20.2 Å². The monoisotopic (exact) mass is 358 g/mol. The molecular weight excluding hydrogens is 344 g/mol. The largest absolute Gasteiger partial charge is 0.484 e. The third-order valence-electron chi connectivity index (χ3n) is 3.38. The number of rotatable bonds is 4. The number of aryl methyl sites for hydroxylation is 2. The highest BCUT2D eigenvalue weighted by molar-refractivity contribution is 9.10. The third-order valence-corrected chi connectivity index (χ3v) is 4.03. The maximum atomic E-state index is 5.81. The van der Waals surface area contributed by atoms with Crippen molar-refractivity contribution in [3.63, 3.8) is 0 Å². The van der Waals surface area contributed by atoms with Crippen LogP contribution < -0.4 is 4.74 Å². The van der Waals surface area contributed by atoms with Gasteiger partial charge in [0.15, 0.2) is 5.82 Å². The lowest BCUT2D eigenvalue weighted by Crippen LogP contribution is -2.09. The first-order valence-corrected chi connectivity index (χ1v) is 7.67. The molecule has 0 saturated heterocycles. The van der Waals surface area contributed by atoms with Gasteiger partial charge in [-0.15, -0.1) is 5.10 Å². The van der Waals surface area contributed by atoms with E-state index in [4.69, 9.17) is 4.74 Å². The van der Waals surface area contributed by atoms with E-state index in [9.17, 15) is 0 Å². The van der Waals surface area contributed by atoms with Crippen molar-refractivity contribution >= 4 is 15.9 Å². The first-order chi connectivity index (χ1) is 10.7. The summed E-state index contributed by atoms with van der Waals surface area (Å²) < 4.78 is 8.45. The van der Waals surface area contributed by atoms with Crippen LogP contribution >= 0.6 is 15.9 Å². The van der Waals surface area contributed by atoms with Gasteiger partial charge in [-0.2, -0.15) is 4.68 Å². The summed E-state index contributed by atoms with van der Waals surface area (Å²) in [5.41, 5.74) is 3.24. The summed E-state index contributed by atoms with van der Waals surface area (Å²) in [6.45, 7) is 4.38. The number of hydrogen-bond donors (Lipinski definition) is 0. The fourth-order valence-electron chi connectivity index (χ4n) is 2.31. The Kier molecular flexibility index (Phi) is 4.20. The number of para-hydroxylation sites is 2. The Morgan fingerprint density at radius 1 is 1.05 bits per heavy atom. The van der Waals surface area contributed by atoms with Crippen LogP contribution in [0.1, 0.15) is 17.0 Å². The molecule has 0 spiro atoms. The van der Waals surface area contributed by atoms with Crippen LogP contribution in [0.5, 0.6) is 5.75 Å². The highest BCUT2D eigenvalue weighted by Crippen LogP contribution is 2.25. The zero-order chi connectivity index (χ0) is 15.5. The molecule has 0 saturated carbocycles. The number of benzene rings is 2. The summed E-state index contributed by atoms with van der Waals surface area (Å²) in [5.74, 6) is 1.42. The number of tetrazole rings is 1. The van der Waals surface area contributed by atoms with Gasteiger partial charge in [-0.1, -0.05) is 30.3 Å². The molecule has 2 aromatic carbocycles. The lowest BCUT2D eigenvalue weighted by Gasteiger charge is -2.12. The molecule has 1 heterocycles. The van der Waals surface area contributed by atoms with Crippen LogP contribution in [0.4, 0.5) is 0 Å². The average molecular weight is 359 g/mol. The number of ether oxygens (including phenoxy) is 1.